The molecule has 2 aromatic carbocycles. The molecule has 0 saturated carbocycles. The lowest BCUT2D eigenvalue weighted by molar-refractivity contribution is -0.121. The SMILES string of the molecule is Cc1ccccc1[C@H](CC(=O)NCc1ccncc1)c1ccccc1. The maximum absolute atomic E-state index is 12.6. The van der Waals surface area contributed by atoms with Crippen molar-refractivity contribution in [3.05, 3.63) is 101 Å². The van der Waals surface area contributed by atoms with Crippen LogP contribution in [-0.2, 0) is 11.3 Å². The quantitative estimate of drug-likeness (QED) is 0.735. The first-order valence-corrected chi connectivity index (χ1v) is 8.50. The summed E-state index contributed by atoms with van der Waals surface area (Å²) in [5, 5.41) is 3.02. The van der Waals surface area contributed by atoms with E-state index < -0.39 is 0 Å². The van der Waals surface area contributed by atoms with Gasteiger partial charge >= 0.3 is 0 Å². The molecule has 1 amide bonds. The summed E-state index contributed by atoms with van der Waals surface area (Å²) in [6.45, 7) is 2.62. The highest BCUT2D eigenvalue weighted by Crippen LogP contribution is 2.30. The number of hydrogen-bond acceptors (Lipinski definition) is 2. The van der Waals surface area contributed by atoms with Crippen molar-refractivity contribution in [2.24, 2.45) is 0 Å². The Labute approximate surface area is 148 Å². The average Bonchev–Trinajstić information content (AvgIpc) is 2.67. The zero-order chi connectivity index (χ0) is 17.5. The van der Waals surface area contributed by atoms with Crippen molar-refractivity contribution in [2.75, 3.05) is 0 Å². The average molecular weight is 330 g/mol. The molecular formula is C22H22N2O. The van der Waals surface area contributed by atoms with Crippen LogP contribution in [0.1, 0.15) is 34.6 Å². The second-order valence-electron chi connectivity index (χ2n) is 6.16. The van der Waals surface area contributed by atoms with Crippen LogP contribution in [-0.4, -0.2) is 10.9 Å². The van der Waals surface area contributed by atoms with E-state index in [-0.39, 0.29) is 11.8 Å². The van der Waals surface area contributed by atoms with Gasteiger partial charge in [-0.2, -0.15) is 0 Å². The van der Waals surface area contributed by atoms with Crippen LogP contribution in [0.2, 0.25) is 0 Å². The molecule has 0 aliphatic rings. The highest BCUT2D eigenvalue weighted by atomic mass is 16.1. The van der Waals surface area contributed by atoms with Gasteiger partial charge in [0.25, 0.3) is 0 Å². The van der Waals surface area contributed by atoms with Gasteiger partial charge < -0.3 is 5.32 Å². The van der Waals surface area contributed by atoms with Crippen molar-refractivity contribution in [1.29, 1.82) is 0 Å². The zero-order valence-corrected chi connectivity index (χ0v) is 14.4. The molecule has 1 atom stereocenters. The number of amides is 1. The topological polar surface area (TPSA) is 42.0 Å². The number of pyridine rings is 1. The standard InChI is InChI=1S/C22H22N2O/c1-17-7-5-6-10-20(17)21(19-8-3-2-4-9-19)15-22(25)24-16-18-11-13-23-14-12-18/h2-14,21H,15-16H2,1H3,(H,24,25)/t21-/m1/s1. The van der Waals surface area contributed by atoms with Crippen molar-refractivity contribution in [2.45, 2.75) is 25.8 Å². The van der Waals surface area contributed by atoms with Gasteiger partial charge in [0.1, 0.15) is 0 Å². The highest BCUT2D eigenvalue weighted by molar-refractivity contribution is 5.77. The summed E-state index contributed by atoms with van der Waals surface area (Å²) in [7, 11) is 0. The maximum Gasteiger partial charge on any atom is 0.221 e. The Kier molecular flexibility index (Phi) is 5.57. The van der Waals surface area contributed by atoms with Crippen LogP contribution in [0.3, 0.4) is 0 Å². The molecule has 1 aromatic heterocycles. The first kappa shape index (κ1) is 16.9. The number of benzene rings is 2. The van der Waals surface area contributed by atoms with E-state index in [1.807, 2.05) is 42.5 Å². The van der Waals surface area contributed by atoms with Crippen molar-refractivity contribution in [1.82, 2.24) is 10.3 Å². The second-order valence-corrected chi connectivity index (χ2v) is 6.16. The van der Waals surface area contributed by atoms with Crippen LogP contribution < -0.4 is 5.32 Å². The molecule has 1 heterocycles. The number of carbonyl (C=O) groups is 1. The molecular weight excluding hydrogens is 308 g/mol. The second kappa shape index (κ2) is 8.25. The van der Waals surface area contributed by atoms with E-state index in [9.17, 15) is 4.79 Å². The van der Waals surface area contributed by atoms with Gasteiger partial charge in [-0.05, 0) is 41.3 Å². The molecule has 3 rings (SSSR count). The summed E-state index contributed by atoms with van der Waals surface area (Å²) < 4.78 is 0. The van der Waals surface area contributed by atoms with Gasteiger partial charge in [-0.25, -0.2) is 0 Å². The lowest BCUT2D eigenvalue weighted by atomic mass is 9.86. The molecule has 1 N–H and O–H groups in total. The molecule has 0 radical (unpaired) electrons. The van der Waals surface area contributed by atoms with Crippen LogP contribution in [0.25, 0.3) is 0 Å². The van der Waals surface area contributed by atoms with Gasteiger partial charge in [-0.1, -0.05) is 54.6 Å². The maximum atomic E-state index is 12.6. The Balaban J connectivity index is 1.76. The van der Waals surface area contributed by atoms with Crippen molar-refractivity contribution in [3.8, 4) is 0 Å². The molecule has 3 heteroatoms. The van der Waals surface area contributed by atoms with Crippen LogP contribution in [0.15, 0.2) is 79.1 Å². The number of rotatable bonds is 6. The third kappa shape index (κ3) is 4.54. The normalized spacial score (nSPS) is 11.7. The van der Waals surface area contributed by atoms with Gasteiger partial charge in [0.15, 0.2) is 0 Å². The van der Waals surface area contributed by atoms with E-state index in [4.69, 9.17) is 0 Å². The minimum Gasteiger partial charge on any atom is -0.352 e. The summed E-state index contributed by atoms with van der Waals surface area (Å²) >= 11 is 0. The lowest BCUT2D eigenvalue weighted by Crippen LogP contribution is -2.25. The third-order valence-electron chi connectivity index (χ3n) is 4.39. The Bertz CT molecular complexity index is 816. The number of aryl methyl sites for hydroxylation is 1. The monoisotopic (exact) mass is 330 g/mol. The molecule has 3 aromatic rings. The Hall–Kier alpha value is -2.94. The largest absolute Gasteiger partial charge is 0.352 e. The van der Waals surface area contributed by atoms with Crippen LogP contribution >= 0.6 is 0 Å². The van der Waals surface area contributed by atoms with Crippen LogP contribution in [0.5, 0.6) is 0 Å². The van der Waals surface area contributed by atoms with Crippen LogP contribution in [0.4, 0.5) is 0 Å². The third-order valence-corrected chi connectivity index (χ3v) is 4.39. The smallest absolute Gasteiger partial charge is 0.221 e. The van der Waals surface area contributed by atoms with Crippen molar-refractivity contribution >= 4 is 5.91 Å². The molecule has 0 fully saturated rings. The molecule has 0 saturated heterocycles. The summed E-state index contributed by atoms with van der Waals surface area (Å²) in [5.74, 6) is 0.105. The fourth-order valence-electron chi connectivity index (χ4n) is 3.03. The van der Waals surface area contributed by atoms with E-state index in [0.29, 0.717) is 13.0 Å². The molecule has 126 valence electrons. The van der Waals surface area contributed by atoms with Gasteiger partial charge in [-0.3, -0.25) is 9.78 Å². The number of nitrogens with one attached hydrogen (secondary N) is 1. The highest BCUT2D eigenvalue weighted by Gasteiger charge is 2.19. The van der Waals surface area contributed by atoms with Gasteiger partial charge in [-0.15, -0.1) is 0 Å². The van der Waals surface area contributed by atoms with Crippen molar-refractivity contribution < 1.29 is 4.79 Å². The van der Waals surface area contributed by atoms with Crippen molar-refractivity contribution in [3.63, 3.8) is 0 Å². The predicted octanol–water partition coefficient (Wildman–Crippen LogP) is 4.23. The number of hydrogen-bond donors (Lipinski definition) is 1. The Morgan fingerprint density at radius 2 is 1.64 bits per heavy atom. The van der Waals surface area contributed by atoms with Crippen LogP contribution in [0, 0.1) is 6.92 Å². The fourth-order valence-corrected chi connectivity index (χ4v) is 3.03. The predicted molar refractivity (Wildman–Crippen MR) is 100 cm³/mol. The van der Waals surface area contributed by atoms with Gasteiger partial charge in [0.2, 0.25) is 5.91 Å². The summed E-state index contributed by atoms with van der Waals surface area (Å²) in [6, 6.07) is 22.3. The first-order chi connectivity index (χ1) is 12.2. The zero-order valence-electron chi connectivity index (χ0n) is 14.4. The molecule has 0 bridgehead atoms. The lowest BCUT2D eigenvalue weighted by Gasteiger charge is -2.20. The molecule has 0 aliphatic carbocycles. The summed E-state index contributed by atoms with van der Waals surface area (Å²) in [5.41, 5.74) is 4.62. The van der Waals surface area contributed by atoms with E-state index >= 15 is 0 Å². The number of aromatic nitrogens is 1. The van der Waals surface area contributed by atoms with Gasteiger partial charge in [0, 0.05) is 31.3 Å². The first-order valence-electron chi connectivity index (χ1n) is 8.50. The van der Waals surface area contributed by atoms with E-state index in [0.717, 1.165) is 11.1 Å². The molecule has 3 nitrogen and oxygen atoms in total. The number of carbonyl (C=O) groups excluding carboxylic acids is 1. The summed E-state index contributed by atoms with van der Waals surface area (Å²) in [6.07, 6.45) is 3.91. The molecule has 0 aliphatic heterocycles. The minimum absolute atomic E-state index is 0.0499. The minimum atomic E-state index is 0.0499. The Morgan fingerprint density at radius 1 is 0.960 bits per heavy atom. The fraction of sp³-hybridized carbons (Fsp3) is 0.182. The van der Waals surface area contributed by atoms with Gasteiger partial charge in [0.05, 0.1) is 0 Å². The van der Waals surface area contributed by atoms with E-state index in [1.165, 1.54) is 11.1 Å². The van der Waals surface area contributed by atoms with E-state index in [2.05, 4.69) is 41.5 Å². The molecule has 0 unspecified atom stereocenters. The summed E-state index contributed by atoms with van der Waals surface area (Å²) in [4.78, 5) is 16.6. The Morgan fingerprint density at radius 3 is 2.36 bits per heavy atom. The van der Waals surface area contributed by atoms with E-state index in [1.54, 1.807) is 12.4 Å². The molecule has 25 heavy (non-hydrogen) atoms. The molecule has 0 spiro atoms. The number of nitrogens with zero attached hydrogens (tertiary/aromatic N) is 1.